The number of carbonyl (C=O) groups is 3. The minimum Gasteiger partial charge on any atom is -0.322 e. The summed E-state index contributed by atoms with van der Waals surface area (Å²) in [6, 6.07) is 21.4. The van der Waals surface area contributed by atoms with Crippen molar-refractivity contribution in [3.05, 3.63) is 89.5 Å². The predicted octanol–water partition coefficient (Wildman–Crippen LogP) is 4.63. The van der Waals surface area contributed by atoms with E-state index in [2.05, 4.69) is 10.6 Å². The second-order valence-corrected chi connectivity index (χ2v) is 7.52. The van der Waals surface area contributed by atoms with E-state index in [0.717, 1.165) is 12.0 Å². The van der Waals surface area contributed by atoms with Gasteiger partial charge in [-0.15, -0.1) is 0 Å². The number of hydrogen-bond donors (Lipinski definition) is 2. The number of carbonyl (C=O) groups excluding carboxylic acids is 3. The molecule has 0 unspecified atom stereocenters. The maximum absolute atomic E-state index is 12.9. The molecule has 1 aliphatic heterocycles. The Morgan fingerprint density at radius 1 is 0.871 bits per heavy atom. The average Bonchev–Trinajstić information content (AvgIpc) is 3.20. The van der Waals surface area contributed by atoms with Crippen LogP contribution in [0.1, 0.15) is 39.1 Å². The smallest absolute Gasteiger partial charge is 0.257 e. The maximum atomic E-state index is 12.9. The van der Waals surface area contributed by atoms with Crippen molar-refractivity contribution in [1.82, 2.24) is 0 Å². The van der Waals surface area contributed by atoms with E-state index in [1.807, 2.05) is 37.3 Å². The van der Waals surface area contributed by atoms with Crippen LogP contribution < -0.4 is 15.5 Å². The van der Waals surface area contributed by atoms with Crippen LogP contribution in [0.25, 0.3) is 0 Å². The minimum atomic E-state index is -0.343. The van der Waals surface area contributed by atoms with Gasteiger partial charge in [-0.1, -0.05) is 30.3 Å². The van der Waals surface area contributed by atoms with Crippen LogP contribution in [0.15, 0.2) is 72.8 Å². The second kappa shape index (κ2) is 8.83. The molecule has 3 amide bonds. The number of hydrogen-bond acceptors (Lipinski definition) is 3. The molecule has 0 saturated carbocycles. The molecule has 156 valence electrons. The fraction of sp³-hybridized carbons (Fsp3) is 0.160. The van der Waals surface area contributed by atoms with Crippen molar-refractivity contribution in [3.63, 3.8) is 0 Å². The molecule has 1 saturated heterocycles. The van der Waals surface area contributed by atoms with Crippen molar-refractivity contribution in [2.24, 2.45) is 0 Å². The minimum absolute atomic E-state index is 0.0655. The molecule has 1 aliphatic rings. The van der Waals surface area contributed by atoms with Gasteiger partial charge in [-0.05, 0) is 61.4 Å². The van der Waals surface area contributed by atoms with Gasteiger partial charge in [0.2, 0.25) is 5.91 Å². The first-order valence-corrected chi connectivity index (χ1v) is 10.2. The molecule has 0 aromatic heterocycles. The van der Waals surface area contributed by atoms with E-state index >= 15 is 0 Å². The van der Waals surface area contributed by atoms with Gasteiger partial charge in [-0.25, -0.2) is 0 Å². The van der Waals surface area contributed by atoms with Gasteiger partial charge in [0.25, 0.3) is 11.8 Å². The van der Waals surface area contributed by atoms with E-state index in [0.29, 0.717) is 41.2 Å². The molecule has 6 nitrogen and oxygen atoms in total. The van der Waals surface area contributed by atoms with Gasteiger partial charge in [-0.3, -0.25) is 14.4 Å². The zero-order valence-corrected chi connectivity index (χ0v) is 17.2. The first-order valence-electron chi connectivity index (χ1n) is 10.2. The zero-order valence-electron chi connectivity index (χ0n) is 17.2. The molecule has 4 rings (SSSR count). The van der Waals surface area contributed by atoms with Gasteiger partial charge in [0.1, 0.15) is 0 Å². The first-order chi connectivity index (χ1) is 15.0. The summed E-state index contributed by atoms with van der Waals surface area (Å²) in [6.07, 6.45) is 1.35. The highest BCUT2D eigenvalue weighted by Gasteiger charge is 2.22. The third-order valence-corrected chi connectivity index (χ3v) is 5.19. The molecule has 0 radical (unpaired) electrons. The van der Waals surface area contributed by atoms with Gasteiger partial charge in [0.05, 0.1) is 11.3 Å². The normalized spacial score (nSPS) is 13.2. The van der Waals surface area contributed by atoms with Crippen LogP contribution >= 0.6 is 0 Å². The fourth-order valence-electron chi connectivity index (χ4n) is 3.64. The van der Waals surface area contributed by atoms with Crippen molar-refractivity contribution < 1.29 is 14.4 Å². The summed E-state index contributed by atoms with van der Waals surface area (Å²) in [5.74, 6) is -0.585. The molecule has 3 aromatic rings. The van der Waals surface area contributed by atoms with E-state index in [1.165, 1.54) is 0 Å². The van der Waals surface area contributed by atoms with Gasteiger partial charge >= 0.3 is 0 Å². The Bertz CT molecular complexity index is 1160. The summed E-state index contributed by atoms with van der Waals surface area (Å²) < 4.78 is 0. The Labute approximate surface area is 180 Å². The molecule has 1 heterocycles. The Balaban J connectivity index is 1.53. The van der Waals surface area contributed by atoms with Crippen molar-refractivity contribution >= 4 is 34.8 Å². The zero-order chi connectivity index (χ0) is 21.8. The van der Waals surface area contributed by atoms with Crippen molar-refractivity contribution in [3.8, 4) is 0 Å². The lowest BCUT2D eigenvalue weighted by molar-refractivity contribution is -0.117. The Hall–Kier alpha value is -3.93. The summed E-state index contributed by atoms with van der Waals surface area (Å²) in [5.41, 5.74) is 3.64. The highest BCUT2D eigenvalue weighted by atomic mass is 16.2. The largest absolute Gasteiger partial charge is 0.322 e. The van der Waals surface area contributed by atoms with E-state index in [9.17, 15) is 14.4 Å². The third kappa shape index (κ3) is 4.64. The number of nitrogens with one attached hydrogen (secondary N) is 2. The topological polar surface area (TPSA) is 78.5 Å². The van der Waals surface area contributed by atoms with Crippen molar-refractivity contribution in [2.75, 3.05) is 22.1 Å². The van der Waals surface area contributed by atoms with Crippen molar-refractivity contribution in [1.29, 1.82) is 0 Å². The maximum Gasteiger partial charge on any atom is 0.257 e. The van der Waals surface area contributed by atoms with Crippen LogP contribution in [0.2, 0.25) is 0 Å². The number of rotatable bonds is 5. The van der Waals surface area contributed by atoms with E-state index in [-0.39, 0.29) is 17.7 Å². The average molecular weight is 413 g/mol. The number of para-hydroxylation sites is 1. The van der Waals surface area contributed by atoms with Gasteiger partial charge in [0, 0.05) is 29.9 Å². The Morgan fingerprint density at radius 2 is 1.68 bits per heavy atom. The van der Waals surface area contributed by atoms with Crippen LogP contribution in [0.5, 0.6) is 0 Å². The van der Waals surface area contributed by atoms with Crippen molar-refractivity contribution in [2.45, 2.75) is 19.8 Å². The number of amides is 3. The highest BCUT2D eigenvalue weighted by Crippen LogP contribution is 2.24. The summed E-state index contributed by atoms with van der Waals surface area (Å²) in [6.45, 7) is 2.61. The Kier molecular flexibility index (Phi) is 5.80. The fourth-order valence-corrected chi connectivity index (χ4v) is 3.64. The monoisotopic (exact) mass is 413 g/mol. The first kappa shape index (κ1) is 20.3. The molecular weight excluding hydrogens is 390 g/mol. The Morgan fingerprint density at radius 3 is 2.45 bits per heavy atom. The third-order valence-electron chi connectivity index (χ3n) is 5.19. The SMILES string of the molecule is Cc1cccc(NC(=O)c2ccccc2NC(=O)c2cccc(N3CCCC3=O)c2)c1. The molecule has 6 heteroatoms. The molecule has 3 aromatic carbocycles. The number of benzene rings is 3. The molecule has 0 atom stereocenters. The molecule has 1 fully saturated rings. The van der Waals surface area contributed by atoms with E-state index in [1.54, 1.807) is 47.4 Å². The summed E-state index contributed by atoms with van der Waals surface area (Å²) >= 11 is 0. The summed E-state index contributed by atoms with van der Waals surface area (Å²) in [5, 5.41) is 5.70. The van der Waals surface area contributed by atoms with Gasteiger partial charge in [-0.2, -0.15) is 0 Å². The van der Waals surface area contributed by atoms with E-state index in [4.69, 9.17) is 0 Å². The number of anilines is 3. The molecule has 0 spiro atoms. The van der Waals surface area contributed by atoms with Crippen LogP contribution in [-0.2, 0) is 4.79 Å². The van der Waals surface area contributed by atoms with Crippen LogP contribution in [0, 0.1) is 6.92 Å². The van der Waals surface area contributed by atoms with Crippen LogP contribution in [-0.4, -0.2) is 24.3 Å². The number of nitrogens with zero attached hydrogens (tertiary/aromatic N) is 1. The van der Waals surface area contributed by atoms with Crippen LogP contribution in [0.4, 0.5) is 17.1 Å². The quantitative estimate of drug-likeness (QED) is 0.640. The lowest BCUT2D eigenvalue weighted by atomic mass is 10.1. The predicted molar refractivity (Wildman–Crippen MR) is 122 cm³/mol. The van der Waals surface area contributed by atoms with E-state index < -0.39 is 0 Å². The van der Waals surface area contributed by atoms with Gasteiger partial charge in [0.15, 0.2) is 0 Å². The van der Waals surface area contributed by atoms with Gasteiger partial charge < -0.3 is 15.5 Å². The molecule has 2 N–H and O–H groups in total. The lowest BCUT2D eigenvalue weighted by Crippen LogP contribution is -2.24. The highest BCUT2D eigenvalue weighted by molar-refractivity contribution is 6.12. The molecule has 0 bridgehead atoms. The summed E-state index contributed by atoms with van der Waals surface area (Å²) in [7, 11) is 0. The lowest BCUT2D eigenvalue weighted by Gasteiger charge is -2.17. The molecule has 31 heavy (non-hydrogen) atoms. The standard InChI is InChI=1S/C25H23N3O3/c1-17-7-4-9-19(15-17)26-25(31)21-11-2-3-12-22(21)27-24(30)18-8-5-10-20(16-18)28-14-6-13-23(28)29/h2-5,7-12,15-16H,6,13-14H2,1H3,(H,26,31)(H,27,30). The number of aryl methyl sites for hydroxylation is 1. The molecular formula is C25H23N3O3. The summed E-state index contributed by atoms with van der Waals surface area (Å²) in [4.78, 5) is 39.4. The van der Waals surface area contributed by atoms with Crippen LogP contribution in [0.3, 0.4) is 0 Å². The second-order valence-electron chi connectivity index (χ2n) is 7.52. The molecule has 0 aliphatic carbocycles.